The van der Waals surface area contributed by atoms with Gasteiger partial charge in [0, 0.05) is 32.7 Å². The van der Waals surface area contributed by atoms with Gasteiger partial charge in [-0.1, -0.05) is 24.3 Å². The van der Waals surface area contributed by atoms with E-state index in [2.05, 4.69) is 5.32 Å². The summed E-state index contributed by atoms with van der Waals surface area (Å²) in [6.45, 7) is 6.49. The van der Waals surface area contributed by atoms with Crippen molar-refractivity contribution in [3.05, 3.63) is 59.2 Å². The third-order valence-electron chi connectivity index (χ3n) is 5.34. The van der Waals surface area contributed by atoms with Crippen molar-refractivity contribution >= 4 is 27.4 Å². The van der Waals surface area contributed by atoms with Crippen LogP contribution in [-0.2, 0) is 16.4 Å². The zero-order valence-corrected chi connectivity index (χ0v) is 19.4. The fourth-order valence-electron chi connectivity index (χ4n) is 3.47. The number of benzene rings is 2. The third-order valence-corrected chi connectivity index (χ3v) is 7.78. The molecule has 0 radical (unpaired) electrons. The Labute approximate surface area is 184 Å². The summed E-state index contributed by atoms with van der Waals surface area (Å²) in [6, 6.07) is 13.5. The van der Waals surface area contributed by atoms with Crippen LogP contribution in [0.2, 0.25) is 0 Å². The SMILES string of the molecule is COc1ccc(CCNC(=S)N2CCN(S(=O)(=O)c3cc(C)ccc3C)CC2)cc1. The van der Waals surface area contributed by atoms with Crippen molar-refractivity contribution in [1.29, 1.82) is 0 Å². The number of sulfonamides is 1. The maximum absolute atomic E-state index is 13.1. The molecule has 30 heavy (non-hydrogen) atoms. The fourth-order valence-corrected chi connectivity index (χ4v) is 5.49. The molecule has 1 aliphatic heterocycles. The number of hydrogen-bond acceptors (Lipinski definition) is 4. The van der Waals surface area contributed by atoms with Crippen LogP contribution in [-0.4, -0.2) is 62.6 Å². The molecular weight excluding hydrogens is 418 g/mol. The molecule has 0 aliphatic carbocycles. The van der Waals surface area contributed by atoms with Crippen LogP contribution >= 0.6 is 12.2 Å². The molecule has 0 spiro atoms. The normalized spacial score (nSPS) is 15.1. The molecule has 2 aromatic rings. The highest BCUT2D eigenvalue weighted by Gasteiger charge is 2.30. The smallest absolute Gasteiger partial charge is 0.243 e. The van der Waals surface area contributed by atoms with Crippen molar-refractivity contribution in [2.75, 3.05) is 39.8 Å². The Morgan fingerprint density at radius 2 is 1.73 bits per heavy atom. The topological polar surface area (TPSA) is 61.9 Å². The maximum Gasteiger partial charge on any atom is 0.243 e. The molecular formula is C22H29N3O3S2. The van der Waals surface area contributed by atoms with Gasteiger partial charge in [-0.3, -0.25) is 0 Å². The summed E-state index contributed by atoms with van der Waals surface area (Å²) >= 11 is 5.52. The molecule has 1 N–H and O–H groups in total. The molecule has 0 atom stereocenters. The van der Waals surface area contributed by atoms with E-state index in [0.29, 0.717) is 36.2 Å². The zero-order chi connectivity index (χ0) is 21.7. The summed E-state index contributed by atoms with van der Waals surface area (Å²) in [5, 5.41) is 3.96. The Kier molecular flexibility index (Phi) is 7.33. The van der Waals surface area contributed by atoms with Crippen LogP contribution in [0.1, 0.15) is 16.7 Å². The molecule has 0 unspecified atom stereocenters. The molecule has 1 heterocycles. The van der Waals surface area contributed by atoms with E-state index in [0.717, 1.165) is 29.8 Å². The minimum atomic E-state index is -3.49. The molecule has 8 heteroatoms. The average Bonchev–Trinajstić information content (AvgIpc) is 2.76. The van der Waals surface area contributed by atoms with Gasteiger partial charge in [0.15, 0.2) is 5.11 Å². The van der Waals surface area contributed by atoms with Crippen molar-refractivity contribution < 1.29 is 13.2 Å². The van der Waals surface area contributed by atoms with Gasteiger partial charge in [0.2, 0.25) is 10.0 Å². The lowest BCUT2D eigenvalue weighted by Crippen LogP contribution is -2.53. The number of rotatable bonds is 6. The Morgan fingerprint density at radius 3 is 2.37 bits per heavy atom. The second kappa shape index (κ2) is 9.76. The second-order valence-electron chi connectivity index (χ2n) is 7.49. The van der Waals surface area contributed by atoms with E-state index in [4.69, 9.17) is 17.0 Å². The van der Waals surface area contributed by atoms with Crippen LogP contribution in [0, 0.1) is 13.8 Å². The van der Waals surface area contributed by atoms with E-state index in [-0.39, 0.29) is 0 Å². The number of thiocarbonyl (C=S) groups is 1. The van der Waals surface area contributed by atoms with E-state index in [1.165, 1.54) is 5.56 Å². The van der Waals surface area contributed by atoms with Crippen LogP contribution in [0.3, 0.4) is 0 Å². The minimum Gasteiger partial charge on any atom is -0.497 e. The number of aryl methyl sites for hydroxylation is 2. The van der Waals surface area contributed by atoms with Crippen LogP contribution in [0.5, 0.6) is 5.75 Å². The molecule has 162 valence electrons. The molecule has 1 aliphatic rings. The summed E-state index contributed by atoms with van der Waals surface area (Å²) in [5.41, 5.74) is 2.93. The van der Waals surface area contributed by atoms with E-state index in [9.17, 15) is 8.42 Å². The van der Waals surface area contributed by atoms with Crippen molar-refractivity contribution in [2.24, 2.45) is 0 Å². The molecule has 1 saturated heterocycles. The van der Waals surface area contributed by atoms with E-state index < -0.39 is 10.0 Å². The number of piperazine rings is 1. The summed E-state index contributed by atoms with van der Waals surface area (Å²) in [6.07, 6.45) is 0.852. The lowest BCUT2D eigenvalue weighted by molar-refractivity contribution is 0.264. The van der Waals surface area contributed by atoms with E-state index in [1.54, 1.807) is 17.5 Å². The Bertz CT molecular complexity index is 983. The van der Waals surface area contributed by atoms with Gasteiger partial charge in [-0.2, -0.15) is 4.31 Å². The number of nitrogens with one attached hydrogen (secondary N) is 1. The molecule has 1 fully saturated rings. The highest BCUT2D eigenvalue weighted by molar-refractivity contribution is 7.89. The van der Waals surface area contributed by atoms with Gasteiger partial charge < -0.3 is 15.0 Å². The molecule has 0 aromatic heterocycles. The third kappa shape index (κ3) is 5.30. The minimum absolute atomic E-state index is 0.399. The van der Waals surface area contributed by atoms with Gasteiger partial charge in [0.1, 0.15) is 5.75 Å². The molecule has 0 amide bonds. The number of methoxy groups -OCH3 is 1. The first-order valence-electron chi connectivity index (χ1n) is 10.0. The van der Waals surface area contributed by atoms with Gasteiger partial charge in [-0.25, -0.2) is 8.42 Å². The Hall–Kier alpha value is -2.16. The summed E-state index contributed by atoms with van der Waals surface area (Å²) < 4.78 is 32.9. The Balaban J connectivity index is 1.50. The molecule has 3 rings (SSSR count). The van der Waals surface area contributed by atoms with Crippen molar-refractivity contribution in [1.82, 2.24) is 14.5 Å². The number of ether oxygens (including phenoxy) is 1. The summed E-state index contributed by atoms with van der Waals surface area (Å²) in [7, 11) is -1.84. The second-order valence-corrected chi connectivity index (χ2v) is 9.78. The van der Waals surface area contributed by atoms with Gasteiger partial charge in [-0.05, 0) is 67.4 Å². The quantitative estimate of drug-likeness (QED) is 0.687. The lowest BCUT2D eigenvalue weighted by atomic mass is 10.1. The van der Waals surface area contributed by atoms with Crippen LogP contribution in [0.15, 0.2) is 47.4 Å². The highest BCUT2D eigenvalue weighted by atomic mass is 32.2. The highest BCUT2D eigenvalue weighted by Crippen LogP contribution is 2.22. The van der Waals surface area contributed by atoms with Gasteiger partial charge in [-0.15, -0.1) is 0 Å². The first kappa shape index (κ1) is 22.5. The number of nitrogens with zero attached hydrogens (tertiary/aromatic N) is 2. The Morgan fingerprint density at radius 1 is 1.07 bits per heavy atom. The predicted molar refractivity (Wildman–Crippen MR) is 124 cm³/mol. The molecule has 2 aromatic carbocycles. The predicted octanol–water partition coefficient (Wildman–Crippen LogP) is 2.74. The van der Waals surface area contributed by atoms with E-state index >= 15 is 0 Å². The average molecular weight is 448 g/mol. The van der Waals surface area contributed by atoms with Crippen molar-refractivity contribution in [3.63, 3.8) is 0 Å². The monoisotopic (exact) mass is 447 g/mol. The van der Waals surface area contributed by atoms with Crippen LogP contribution in [0.4, 0.5) is 0 Å². The van der Waals surface area contributed by atoms with Crippen molar-refractivity contribution in [2.45, 2.75) is 25.2 Å². The summed E-state index contributed by atoms with van der Waals surface area (Å²) in [4.78, 5) is 2.44. The first-order chi connectivity index (χ1) is 14.3. The van der Waals surface area contributed by atoms with Crippen molar-refractivity contribution in [3.8, 4) is 5.75 Å². The molecule has 0 saturated carbocycles. The zero-order valence-electron chi connectivity index (χ0n) is 17.7. The van der Waals surface area contributed by atoms with E-state index in [1.807, 2.05) is 55.1 Å². The molecule has 6 nitrogen and oxygen atoms in total. The fraction of sp³-hybridized carbons (Fsp3) is 0.409. The lowest BCUT2D eigenvalue weighted by Gasteiger charge is -2.35. The summed E-state index contributed by atoms with van der Waals surface area (Å²) in [5.74, 6) is 0.843. The van der Waals surface area contributed by atoms with Crippen LogP contribution in [0.25, 0.3) is 0 Å². The number of hydrogen-bond donors (Lipinski definition) is 1. The van der Waals surface area contributed by atoms with Gasteiger partial charge >= 0.3 is 0 Å². The maximum atomic E-state index is 13.1. The largest absolute Gasteiger partial charge is 0.497 e. The van der Waals surface area contributed by atoms with Crippen LogP contribution < -0.4 is 10.1 Å². The van der Waals surface area contributed by atoms with Gasteiger partial charge in [0.25, 0.3) is 0 Å². The molecule has 0 bridgehead atoms. The van der Waals surface area contributed by atoms with Gasteiger partial charge in [0.05, 0.1) is 12.0 Å². The first-order valence-corrected chi connectivity index (χ1v) is 11.9. The standard InChI is InChI=1S/C22H29N3O3S2/c1-17-4-5-18(2)21(16-17)30(26,27)25-14-12-24(13-15-25)22(29)23-11-10-19-6-8-20(28-3)9-7-19/h4-9,16H,10-15H2,1-3H3,(H,23,29).